The lowest BCUT2D eigenvalue weighted by molar-refractivity contribution is 0.498. The fourth-order valence-corrected chi connectivity index (χ4v) is 3.58. The number of nitrogens with one attached hydrogen (secondary N) is 1. The van der Waals surface area contributed by atoms with Gasteiger partial charge < -0.3 is 9.88 Å². The fourth-order valence-electron chi connectivity index (χ4n) is 2.65. The second kappa shape index (κ2) is 5.67. The summed E-state index contributed by atoms with van der Waals surface area (Å²) in [7, 11) is -0.967. The van der Waals surface area contributed by atoms with Gasteiger partial charge in [0.2, 0.25) is 0 Å². The Balaban J connectivity index is 2.09. The zero-order valence-corrected chi connectivity index (χ0v) is 12.8. The zero-order valence-electron chi connectivity index (χ0n) is 12.0. The lowest BCUT2D eigenvalue weighted by atomic mass is 9.91. The van der Waals surface area contributed by atoms with Gasteiger partial charge in [-0.3, -0.25) is 0 Å². The van der Waals surface area contributed by atoms with Crippen molar-refractivity contribution in [1.29, 1.82) is 0 Å². The predicted octanol–water partition coefficient (Wildman–Crippen LogP) is 1.91. The van der Waals surface area contributed by atoms with Crippen LogP contribution in [0.5, 0.6) is 0 Å². The zero-order chi connectivity index (χ0) is 14.0. The van der Waals surface area contributed by atoms with Gasteiger partial charge in [-0.05, 0) is 51.3 Å². The van der Waals surface area contributed by atoms with E-state index in [0.29, 0.717) is 12.6 Å². The Labute approximate surface area is 116 Å². The Morgan fingerprint density at radius 2 is 2.16 bits per heavy atom. The average molecular weight is 284 g/mol. The SMILES string of the molecule is CNC1CCCc2cn(CCS(=O)(=O)C(C)C)cc21. The Morgan fingerprint density at radius 1 is 1.42 bits per heavy atom. The van der Waals surface area contributed by atoms with E-state index in [9.17, 15) is 8.42 Å². The van der Waals surface area contributed by atoms with E-state index in [2.05, 4.69) is 17.7 Å². The van der Waals surface area contributed by atoms with Crippen LogP contribution in [0.3, 0.4) is 0 Å². The summed E-state index contributed by atoms with van der Waals surface area (Å²) in [5.74, 6) is 0.225. The second-order valence-electron chi connectivity index (χ2n) is 5.63. The van der Waals surface area contributed by atoms with Gasteiger partial charge in [0.15, 0.2) is 9.84 Å². The summed E-state index contributed by atoms with van der Waals surface area (Å²) < 4.78 is 25.7. The van der Waals surface area contributed by atoms with Crippen molar-refractivity contribution in [3.63, 3.8) is 0 Å². The molecule has 0 fully saturated rings. The van der Waals surface area contributed by atoms with Crippen LogP contribution < -0.4 is 5.32 Å². The van der Waals surface area contributed by atoms with E-state index in [1.165, 1.54) is 17.5 Å². The Hall–Kier alpha value is -0.810. The maximum absolute atomic E-state index is 11.8. The molecule has 0 spiro atoms. The quantitative estimate of drug-likeness (QED) is 0.898. The first-order chi connectivity index (χ1) is 8.94. The van der Waals surface area contributed by atoms with E-state index in [0.717, 1.165) is 12.8 Å². The van der Waals surface area contributed by atoms with Crippen LogP contribution in [0.1, 0.15) is 43.9 Å². The van der Waals surface area contributed by atoms with Crippen LogP contribution in [0.4, 0.5) is 0 Å². The molecule has 0 aromatic carbocycles. The van der Waals surface area contributed by atoms with Gasteiger partial charge in [0.25, 0.3) is 0 Å². The highest BCUT2D eigenvalue weighted by molar-refractivity contribution is 7.91. The summed E-state index contributed by atoms with van der Waals surface area (Å²) in [6.07, 6.45) is 7.71. The van der Waals surface area contributed by atoms with Crippen molar-refractivity contribution >= 4 is 9.84 Å². The van der Waals surface area contributed by atoms with Gasteiger partial charge in [-0.25, -0.2) is 8.42 Å². The minimum absolute atomic E-state index is 0.225. The van der Waals surface area contributed by atoms with E-state index < -0.39 is 9.84 Å². The third-order valence-corrected chi connectivity index (χ3v) is 6.20. The molecule has 0 amide bonds. The van der Waals surface area contributed by atoms with Crippen LogP contribution in [0.25, 0.3) is 0 Å². The minimum atomic E-state index is -2.95. The molecule has 0 radical (unpaired) electrons. The fraction of sp³-hybridized carbons (Fsp3) is 0.714. The van der Waals surface area contributed by atoms with Crippen LogP contribution >= 0.6 is 0 Å². The van der Waals surface area contributed by atoms with Crippen molar-refractivity contribution in [2.45, 2.75) is 50.9 Å². The summed E-state index contributed by atoms with van der Waals surface area (Å²) in [5, 5.41) is 3.04. The molecule has 1 aromatic rings. The lowest BCUT2D eigenvalue weighted by Gasteiger charge is -2.21. The van der Waals surface area contributed by atoms with Gasteiger partial charge in [0.05, 0.1) is 11.0 Å². The van der Waals surface area contributed by atoms with E-state index in [1.54, 1.807) is 13.8 Å². The molecular formula is C14H24N2O2S. The van der Waals surface area contributed by atoms with E-state index in [1.807, 2.05) is 11.6 Å². The first-order valence-electron chi connectivity index (χ1n) is 7.01. The third-order valence-electron chi connectivity index (χ3n) is 4.01. The summed E-state index contributed by atoms with van der Waals surface area (Å²) in [5.41, 5.74) is 2.71. The number of rotatable bonds is 5. The van der Waals surface area contributed by atoms with Crippen molar-refractivity contribution in [2.24, 2.45) is 0 Å². The van der Waals surface area contributed by atoms with Gasteiger partial charge in [-0.15, -0.1) is 0 Å². The number of sulfone groups is 1. The standard InChI is InChI=1S/C14H24N2O2S/c1-11(2)19(17,18)8-7-16-9-12-5-4-6-14(15-3)13(12)10-16/h9-11,14-15H,4-8H2,1-3H3. The van der Waals surface area contributed by atoms with Crippen molar-refractivity contribution in [2.75, 3.05) is 12.8 Å². The number of fused-ring (bicyclic) bond motifs is 1. The van der Waals surface area contributed by atoms with Crippen molar-refractivity contribution in [1.82, 2.24) is 9.88 Å². The molecule has 1 unspecified atom stereocenters. The number of aryl methyl sites for hydroxylation is 2. The Bertz CT molecular complexity index is 532. The molecule has 4 nitrogen and oxygen atoms in total. The van der Waals surface area contributed by atoms with Crippen molar-refractivity contribution in [3.8, 4) is 0 Å². The van der Waals surface area contributed by atoms with Gasteiger partial charge in [0, 0.05) is 25.0 Å². The summed E-state index contributed by atoms with van der Waals surface area (Å²) >= 11 is 0. The van der Waals surface area contributed by atoms with Crippen molar-refractivity contribution in [3.05, 3.63) is 23.5 Å². The van der Waals surface area contributed by atoms with Crippen LogP contribution in [0.2, 0.25) is 0 Å². The molecule has 1 aliphatic rings. The van der Waals surface area contributed by atoms with Crippen molar-refractivity contribution < 1.29 is 8.42 Å². The smallest absolute Gasteiger partial charge is 0.154 e. The number of hydrogen-bond donors (Lipinski definition) is 1. The van der Waals surface area contributed by atoms with Crippen LogP contribution in [0, 0.1) is 0 Å². The normalized spacial score (nSPS) is 19.7. The number of aromatic nitrogens is 1. The third kappa shape index (κ3) is 3.20. The molecule has 0 aliphatic heterocycles. The predicted molar refractivity (Wildman–Crippen MR) is 78.1 cm³/mol. The van der Waals surface area contributed by atoms with Crippen LogP contribution in [-0.4, -0.2) is 31.0 Å². The van der Waals surface area contributed by atoms with Gasteiger partial charge >= 0.3 is 0 Å². The highest BCUT2D eigenvalue weighted by Gasteiger charge is 2.21. The molecule has 0 saturated carbocycles. The molecule has 108 valence electrons. The largest absolute Gasteiger partial charge is 0.353 e. The minimum Gasteiger partial charge on any atom is -0.353 e. The van der Waals surface area contributed by atoms with E-state index in [-0.39, 0.29) is 11.0 Å². The lowest BCUT2D eigenvalue weighted by Crippen LogP contribution is -2.21. The molecule has 1 aliphatic carbocycles. The molecule has 1 aromatic heterocycles. The van der Waals surface area contributed by atoms with Crippen LogP contribution in [0.15, 0.2) is 12.4 Å². The highest BCUT2D eigenvalue weighted by atomic mass is 32.2. The highest BCUT2D eigenvalue weighted by Crippen LogP contribution is 2.30. The monoisotopic (exact) mass is 284 g/mol. The summed E-state index contributed by atoms with van der Waals surface area (Å²) in [6, 6.07) is 0.423. The molecule has 1 atom stereocenters. The molecule has 5 heteroatoms. The van der Waals surface area contributed by atoms with Crippen LogP contribution in [-0.2, 0) is 22.8 Å². The van der Waals surface area contributed by atoms with E-state index >= 15 is 0 Å². The first-order valence-corrected chi connectivity index (χ1v) is 8.73. The molecule has 2 rings (SSSR count). The molecule has 1 N–H and O–H groups in total. The first kappa shape index (κ1) is 14.6. The number of nitrogens with zero attached hydrogens (tertiary/aromatic N) is 1. The molecule has 0 saturated heterocycles. The number of hydrogen-bond acceptors (Lipinski definition) is 3. The summed E-state index contributed by atoms with van der Waals surface area (Å²) in [6.45, 7) is 4.05. The summed E-state index contributed by atoms with van der Waals surface area (Å²) in [4.78, 5) is 0. The molecular weight excluding hydrogens is 260 g/mol. The Morgan fingerprint density at radius 3 is 2.79 bits per heavy atom. The van der Waals surface area contributed by atoms with E-state index in [4.69, 9.17) is 0 Å². The Kier molecular flexibility index (Phi) is 4.36. The molecule has 1 heterocycles. The molecule has 0 bridgehead atoms. The topological polar surface area (TPSA) is 51.1 Å². The van der Waals surface area contributed by atoms with Gasteiger partial charge in [0.1, 0.15) is 0 Å². The average Bonchev–Trinajstić information content (AvgIpc) is 2.79. The second-order valence-corrected chi connectivity index (χ2v) is 8.30. The molecule has 19 heavy (non-hydrogen) atoms. The van der Waals surface area contributed by atoms with Gasteiger partial charge in [-0.2, -0.15) is 0 Å². The van der Waals surface area contributed by atoms with Gasteiger partial charge in [-0.1, -0.05) is 0 Å². The maximum Gasteiger partial charge on any atom is 0.154 e. The maximum atomic E-state index is 11.8.